The summed E-state index contributed by atoms with van der Waals surface area (Å²) in [5.41, 5.74) is 13.0. The summed E-state index contributed by atoms with van der Waals surface area (Å²) in [6.07, 6.45) is 11.2. The maximum Gasteiger partial charge on any atom is 0.00901 e. The van der Waals surface area contributed by atoms with Crippen molar-refractivity contribution in [2.75, 3.05) is 0 Å². The molecule has 0 amide bonds. The third-order valence-corrected chi connectivity index (χ3v) is 4.36. The van der Waals surface area contributed by atoms with E-state index in [9.17, 15) is 0 Å². The highest BCUT2D eigenvalue weighted by Crippen LogP contribution is 2.38. The Kier molecular flexibility index (Phi) is 2.28. The van der Waals surface area contributed by atoms with Gasteiger partial charge in [0.15, 0.2) is 0 Å². The van der Waals surface area contributed by atoms with Gasteiger partial charge < -0.3 is 5.73 Å². The van der Waals surface area contributed by atoms with Gasteiger partial charge in [-0.2, -0.15) is 0 Å². The molecule has 2 aromatic carbocycles. The predicted octanol–water partition coefficient (Wildman–Crippen LogP) is 4.05. The van der Waals surface area contributed by atoms with Crippen molar-refractivity contribution < 1.29 is 0 Å². The number of hydrogen-bond acceptors (Lipinski definition) is 1. The van der Waals surface area contributed by atoms with Gasteiger partial charge >= 0.3 is 0 Å². The molecule has 0 unspecified atom stereocenters. The molecule has 0 spiro atoms. The van der Waals surface area contributed by atoms with E-state index in [1.807, 2.05) is 0 Å². The first-order valence-electron chi connectivity index (χ1n) is 7.03. The third kappa shape index (κ3) is 1.54. The van der Waals surface area contributed by atoms with Crippen LogP contribution in [0.3, 0.4) is 0 Å². The lowest BCUT2D eigenvalue weighted by Crippen LogP contribution is -2.11. The molecule has 2 aliphatic rings. The molecule has 19 heavy (non-hydrogen) atoms. The minimum absolute atomic E-state index is 1.00. The lowest BCUT2D eigenvalue weighted by molar-refractivity contribution is 0.875. The molecule has 0 atom stereocenters. The molecule has 0 aromatic heterocycles. The molecule has 1 heteroatoms. The van der Waals surface area contributed by atoms with Crippen LogP contribution in [0, 0.1) is 0 Å². The molecular formula is C18H17N. The number of fused-ring (bicyclic) bond motifs is 6. The largest absolute Gasteiger partial charge is 0.402 e. The molecule has 2 N–H and O–H groups in total. The number of rotatable bonds is 0. The van der Waals surface area contributed by atoms with Crippen molar-refractivity contribution in [1.82, 2.24) is 0 Å². The van der Waals surface area contributed by atoms with Crippen LogP contribution >= 0.6 is 0 Å². The molecule has 2 aromatic rings. The average Bonchev–Trinajstić information content (AvgIpc) is 2.47. The molecule has 0 fully saturated rings. The van der Waals surface area contributed by atoms with Crippen molar-refractivity contribution in [3.8, 4) is 0 Å². The van der Waals surface area contributed by atoms with Crippen LogP contribution < -0.4 is 5.73 Å². The highest BCUT2D eigenvalue weighted by Gasteiger charge is 2.20. The minimum atomic E-state index is 1.00. The molecule has 94 valence electrons. The third-order valence-electron chi connectivity index (χ3n) is 4.36. The summed E-state index contributed by atoms with van der Waals surface area (Å²) in [5.74, 6) is 0. The summed E-state index contributed by atoms with van der Waals surface area (Å²) in [7, 11) is 0. The quantitative estimate of drug-likeness (QED) is 0.747. The van der Waals surface area contributed by atoms with Gasteiger partial charge in [0.25, 0.3) is 0 Å². The molecule has 1 nitrogen and oxygen atoms in total. The smallest absolute Gasteiger partial charge is 0.00901 e. The maximum absolute atomic E-state index is 6.06. The van der Waals surface area contributed by atoms with E-state index in [0.717, 1.165) is 25.0 Å². The Bertz CT molecular complexity index is 735. The summed E-state index contributed by atoms with van der Waals surface area (Å²) >= 11 is 0. The van der Waals surface area contributed by atoms with E-state index in [-0.39, 0.29) is 0 Å². The Morgan fingerprint density at radius 1 is 0.842 bits per heavy atom. The Morgan fingerprint density at radius 2 is 1.58 bits per heavy atom. The zero-order chi connectivity index (χ0) is 12.8. The van der Waals surface area contributed by atoms with Gasteiger partial charge in [0, 0.05) is 5.70 Å². The Balaban J connectivity index is 2.19. The fourth-order valence-electron chi connectivity index (χ4n) is 3.49. The average molecular weight is 247 g/mol. The Hall–Kier alpha value is -2.02. The van der Waals surface area contributed by atoms with E-state index in [1.165, 1.54) is 33.9 Å². The second kappa shape index (κ2) is 3.99. The lowest BCUT2D eigenvalue weighted by atomic mass is 9.81. The van der Waals surface area contributed by atoms with Gasteiger partial charge in [0.2, 0.25) is 0 Å². The predicted molar refractivity (Wildman–Crippen MR) is 81.8 cm³/mol. The van der Waals surface area contributed by atoms with Crippen molar-refractivity contribution in [2.45, 2.75) is 25.7 Å². The summed E-state index contributed by atoms with van der Waals surface area (Å²) in [6.45, 7) is 0. The monoisotopic (exact) mass is 247 g/mol. The van der Waals surface area contributed by atoms with Crippen molar-refractivity contribution in [1.29, 1.82) is 0 Å². The molecule has 0 bridgehead atoms. The van der Waals surface area contributed by atoms with Gasteiger partial charge in [-0.1, -0.05) is 36.4 Å². The second-order valence-electron chi connectivity index (χ2n) is 5.49. The SMILES string of the molecule is NC1=Cc2c(c3c(c4ccccc24)C=CCC3)CC1. The van der Waals surface area contributed by atoms with Crippen molar-refractivity contribution in [2.24, 2.45) is 5.73 Å². The van der Waals surface area contributed by atoms with Crippen molar-refractivity contribution in [3.63, 3.8) is 0 Å². The molecule has 0 aliphatic heterocycles. The highest BCUT2D eigenvalue weighted by molar-refractivity contribution is 6.00. The van der Waals surface area contributed by atoms with Crippen LogP contribution in [0.2, 0.25) is 0 Å². The number of benzene rings is 2. The topological polar surface area (TPSA) is 26.0 Å². The summed E-state index contributed by atoms with van der Waals surface area (Å²) < 4.78 is 0. The van der Waals surface area contributed by atoms with Crippen LogP contribution in [-0.4, -0.2) is 0 Å². The van der Waals surface area contributed by atoms with E-state index in [1.54, 1.807) is 5.56 Å². The molecule has 4 rings (SSSR count). The zero-order valence-electron chi connectivity index (χ0n) is 10.9. The zero-order valence-corrected chi connectivity index (χ0v) is 10.9. The first-order chi connectivity index (χ1) is 9.34. The minimum Gasteiger partial charge on any atom is -0.402 e. The number of allylic oxidation sites excluding steroid dienone is 2. The van der Waals surface area contributed by atoms with Crippen LogP contribution in [0.15, 0.2) is 36.0 Å². The van der Waals surface area contributed by atoms with E-state index in [4.69, 9.17) is 5.73 Å². The van der Waals surface area contributed by atoms with Crippen LogP contribution in [0.25, 0.3) is 22.9 Å². The molecule has 0 saturated carbocycles. The van der Waals surface area contributed by atoms with E-state index < -0.39 is 0 Å². The van der Waals surface area contributed by atoms with Gasteiger partial charge in [-0.25, -0.2) is 0 Å². The van der Waals surface area contributed by atoms with Gasteiger partial charge in [0.1, 0.15) is 0 Å². The standard InChI is InChI=1S/C18H17N/c19-12-9-10-17-15-7-2-1-5-13(15)14-6-3-4-8-16(14)18(17)11-12/h1,3-6,8,11H,2,7,9-10,19H2. The summed E-state index contributed by atoms with van der Waals surface area (Å²) in [5, 5.41) is 2.73. The summed E-state index contributed by atoms with van der Waals surface area (Å²) in [4.78, 5) is 0. The fraction of sp³-hybridized carbons (Fsp3) is 0.222. The van der Waals surface area contributed by atoms with Crippen molar-refractivity contribution >= 4 is 22.9 Å². The van der Waals surface area contributed by atoms with E-state index >= 15 is 0 Å². The Morgan fingerprint density at radius 3 is 2.42 bits per heavy atom. The first kappa shape index (κ1) is 10.9. The van der Waals surface area contributed by atoms with Crippen LogP contribution in [0.1, 0.15) is 35.1 Å². The number of hydrogen-bond donors (Lipinski definition) is 1. The van der Waals surface area contributed by atoms with Crippen LogP contribution in [0.5, 0.6) is 0 Å². The van der Waals surface area contributed by atoms with Gasteiger partial charge in [-0.3, -0.25) is 0 Å². The highest BCUT2D eigenvalue weighted by atomic mass is 14.6. The van der Waals surface area contributed by atoms with Crippen LogP contribution in [0.4, 0.5) is 0 Å². The van der Waals surface area contributed by atoms with Gasteiger partial charge in [-0.05, 0) is 64.8 Å². The molecule has 0 heterocycles. The first-order valence-corrected chi connectivity index (χ1v) is 7.03. The number of nitrogens with two attached hydrogens (primary N) is 1. The van der Waals surface area contributed by atoms with Gasteiger partial charge in [-0.15, -0.1) is 0 Å². The summed E-state index contributed by atoms with van der Waals surface area (Å²) in [6, 6.07) is 8.72. The van der Waals surface area contributed by atoms with E-state index in [0.29, 0.717) is 0 Å². The van der Waals surface area contributed by atoms with Crippen molar-refractivity contribution in [3.05, 3.63) is 58.3 Å². The van der Waals surface area contributed by atoms with Gasteiger partial charge in [0.05, 0.1) is 0 Å². The van der Waals surface area contributed by atoms with E-state index in [2.05, 4.69) is 42.5 Å². The molecule has 0 radical (unpaired) electrons. The van der Waals surface area contributed by atoms with Crippen LogP contribution in [-0.2, 0) is 12.8 Å². The Labute approximate surface area is 113 Å². The molecular weight excluding hydrogens is 230 g/mol. The molecule has 0 saturated heterocycles. The molecule has 2 aliphatic carbocycles. The lowest BCUT2D eigenvalue weighted by Gasteiger charge is -2.24. The fourth-order valence-corrected chi connectivity index (χ4v) is 3.49. The normalized spacial score (nSPS) is 16.9. The maximum atomic E-state index is 6.06. The second-order valence-corrected chi connectivity index (χ2v) is 5.49.